The van der Waals surface area contributed by atoms with Gasteiger partial charge in [0.2, 0.25) is 0 Å². The molecule has 16 valence electrons. The molecule has 0 unspecified atom stereocenters. The van der Waals surface area contributed by atoms with Crippen LogP contribution in [0.3, 0.4) is 0 Å². The second kappa shape index (κ2) is 12.8. The van der Waals surface area contributed by atoms with E-state index in [1.54, 1.807) is 4.91 Å². The van der Waals surface area contributed by atoms with Crippen molar-refractivity contribution in [2.24, 2.45) is 0 Å². The van der Waals surface area contributed by atoms with Crippen LogP contribution in [0.1, 0.15) is 0 Å². The summed E-state index contributed by atoms with van der Waals surface area (Å²) < 4.78 is 0. The summed E-state index contributed by atoms with van der Waals surface area (Å²) in [5, 5.41) is 0. The molecule has 0 heterocycles. The number of nitrogens with zero attached hydrogens (tertiary/aromatic N) is 2. The standard InChI is InChI=1S/Li.HN3/c;1-3-2/h;1H/q+1;. The summed E-state index contributed by atoms with van der Waals surface area (Å²) in [5.74, 6) is 0. The Bertz CT molecular complexity index is 24.3. The van der Waals surface area contributed by atoms with Crippen LogP contribution >= 0.6 is 0 Å². The maximum atomic E-state index is 6.86. The Morgan fingerprint density at radius 2 is 1.75 bits per heavy atom. The van der Waals surface area contributed by atoms with Crippen molar-refractivity contribution < 1.29 is 18.9 Å². The predicted octanol–water partition coefficient (Wildman–Crippen LogP) is -2.12. The molecule has 0 bridgehead atoms. The van der Waals surface area contributed by atoms with Crippen LogP contribution in [-0.2, 0) is 0 Å². The molecular weight excluding hydrogens is 49.0 g/mol. The van der Waals surface area contributed by atoms with Crippen molar-refractivity contribution in [3.63, 3.8) is 0 Å². The molecule has 0 aliphatic heterocycles. The van der Waals surface area contributed by atoms with Gasteiger partial charge in [0.1, 0.15) is 0 Å². The number of rotatable bonds is 0. The van der Waals surface area contributed by atoms with E-state index in [0.29, 0.717) is 0 Å². The summed E-state index contributed by atoms with van der Waals surface area (Å²) in [7, 11) is 0. The fraction of sp³-hybridized carbons (Fsp3) is 0. The number of hydrogen-bond donors (Lipinski definition) is 1. The fourth-order valence-electron chi connectivity index (χ4n) is 0. The van der Waals surface area contributed by atoms with Crippen LogP contribution in [0, 0.1) is 5.53 Å². The van der Waals surface area contributed by atoms with Gasteiger partial charge in [-0.3, -0.25) is 0 Å². The number of hydrogen-bond acceptors (Lipinski definition) is 1. The Hall–Kier alpha value is -0.0926. The average molecular weight is 50.0 g/mol. The third-order valence-electron chi connectivity index (χ3n) is 0. The van der Waals surface area contributed by atoms with Crippen LogP contribution in [0.25, 0.3) is 10.4 Å². The van der Waals surface area contributed by atoms with Gasteiger partial charge in [0.15, 0.2) is 0 Å². The molecule has 0 radical (unpaired) electrons. The van der Waals surface area contributed by atoms with Crippen molar-refractivity contribution in [3.05, 3.63) is 10.4 Å². The van der Waals surface area contributed by atoms with E-state index < -0.39 is 0 Å². The first-order valence-electron chi connectivity index (χ1n) is 0.424. The van der Waals surface area contributed by atoms with Gasteiger partial charge in [-0.05, 0) is 10.4 Å². The summed E-state index contributed by atoms with van der Waals surface area (Å²) in [6, 6.07) is 0. The van der Waals surface area contributed by atoms with Crippen molar-refractivity contribution in [3.8, 4) is 0 Å². The number of nitrogens with one attached hydrogen (secondary N) is 1. The molecule has 4 heteroatoms. The maximum absolute atomic E-state index is 6.86. The molecule has 0 aromatic heterocycles. The summed E-state index contributed by atoms with van der Waals surface area (Å²) in [5.41, 5.74) is 12.2. The van der Waals surface area contributed by atoms with E-state index in [9.17, 15) is 0 Å². The summed E-state index contributed by atoms with van der Waals surface area (Å²) in [6.07, 6.45) is 0. The van der Waals surface area contributed by atoms with Gasteiger partial charge in [-0.1, -0.05) is 0 Å². The molecule has 3 nitrogen and oxygen atoms in total. The van der Waals surface area contributed by atoms with Gasteiger partial charge in [0, 0.05) is 0 Å². The first-order chi connectivity index (χ1) is 1.41. The van der Waals surface area contributed by atoms with Crippen LogP contribution in [0.4, 0.5) is 0 Å². The van der Waals surface area contributed by atoms with Gasteiger partial charge < -0.3 is 0 Å². The average Bonchev–Trinajstić information content (AvgIpc) is 0.918. The van der Waals surface area contributed by atoms with E-state index in [2.05, 4.69) is 0 Å². The third kappa shape index (κ3) is 183. The Morgan fingerprint density at radius 3 is 1.75 bits per heavy atom. The molecule has 0 aliphatic carbocycles. The molecule has 0 aromatic carbocycles. The van der Waals surface area contributed by atoms with Crippen LogP contribution in [0.15, 0.2) is 0 Å². The zero-order valence-corrected chi connectivity index (χ0v) is 2.39. The van der Waals surface area contributed by atoms with Crippen LogP contribution in [0.2, 0.25) is 0 Å². The molecule has 4 heavy (non-hydrogen) atoms. The minimum Gasteiger partial charge on any atom is -0.108 e. The van der Waals surface area contributed by atoms with Crippen molar-refractivity contribution >= 4 is 0 Å². The molecule has 0 saturated heterocycles. The first kappa shape index (κ1) is 9.08. The molecule has 0 spiro atoms. The summed E-state index contributed by atoms with van der Waals surface area (Å²) in [4.78, 5) is 1.75. The van der Waals surface area contributed by atoms with E-state index in [0.717, 1.165) is 0 Å². The smallest absolute Gasteiger partial charge is 0.108 e. The van der Waals surface area contributed by atoms with E-state index >= 15 is 0 Å². The molecule has 0 amide bonds. The molecule has 0 aliphatic rings. The Labute approximate surface area is 35.6 Å². The van der Waals surface area contributed by atoms with Gasteiger partial charge in [-0.25, -0.2) is 0 Å². The van der Waals surface area contributed by atoms with Gasteiger partial charge in [0.05, 0.1) is 0 Å². The molecular formula is HLiN3+. The van der Waals surface area contributed by atoms with Crippen molar-refractivity contribution in [2.75, 3.05) is 0 Å². The van der Waals surface area contributed by atoms with Crippen molar-refractivity contribution in [1.29, 1.82) is 5.53 Å². The van der Waals surface area contributed by atoms with Crippen molar-refractivity contribution in [1.82, 2.24) is 0 Å². The third-order valence-corrected chi connectivity index (χ3v) is 0. The second-order valence-corrected chi connectivity index (χ2v) is 0.100. The van der Waals surface area contributed by atoms with Gasteiger partial charge in [-0.15, -0.1) is 5.53 Å². The largest absolute Gasteiger partial charge is 1.00 e. The maximum Gasteiger partial charge on any atom is 1.00 e. The Kier molecular flexibility index (Phi) is 29.2. The zero-order chi connectivity index (χ0) is 2.71. The van der Waals surface area contributed by atoms with Crippen LogP contribution < -0.4 is 18.9 Å². The van der Waals surface area contributed by atoms with Gasteiger partial charge >= 0.3 is 18.9 Å². The quantitative estimate of drug-likeness (QED) is 0.141. The zero-order valence-electron chi connectivity index (χ0n) is 2.39. The molecule has 0 rings (SSSR count). The van der Waals surface area contributed by atoms with Gasteiger partial charge in [-0.2, -0.15) is 0 Å². The van der Waals surface area contributed by atoms with E-state index in [1.165, 1.54) is 0 Å². The summed E-state index contributed by atoms with van der Waals surface area (Å²) in [6.45, 7) is 0. The topological polar surface area (TPSA) is 60.3 Å². The van der Waals surface area contributed by atoms with E-state index in [1.807, 2.05) is 0 Å². The molecule has 1 N–H and O–H groups in total. The molecule has 0 atom stereocenters. The molecule has 0 saturated carbocycles. The van der Waals surface area contributed by atoms with E-state index in [4.69, 9.17) is 11.1 Å². The minimum atomic E-state index is 0. The second-order valence-electron chi connectivity index (χ2n) is 0.100. The van der Waals surface area contributed by atoms with E-state index in [-0.39, 0.29) is 18.9 Å². The SMILES string of the molecule is [Li+].[N-]=[N+]=N. The molecule has 0 aromatic rings. The normalized spacial score (nSPS) is 2.00. The minimum absolute atomic E-state index is 0. The fourth-order valence-corrected chi connectivity index (χ4v) is 0. The monoisotopic (exact) mass is 50.0 g/mol. The Morgan fingerprint density at radius 1 is 1.75 bits per heavy atom. The molecule has 0 fully saturated rings. The Balaban J connectivity index is 0. The first-order valence-corrected chi connectivity index (χ1v) is 0.424. The van der Waals surface area contributed by atoms with Gasteiger partial charge in [0.25, 0.3) is 0 Å². The van der Waals surface area contributed by atoms with Crippen molar-refractivity contribution in [2.45, 2.75) is 0 Å². The van der Waals surface area contributed by atoms with Crippen LogP contribution in [-0.4, -0.2) is 0 Å². The predicted molar refractivity (Wildman–Crippen MR) is 9.44 cm³/mol. The van der Waals surface area contributed by atoms with Crippen LogP contribution in [0.5, 0.6) is 0 Å². The summed E-state index contributed by atoms with van der Waals surface area (Å²) >= 11 is 0.